The standard InChI is InChI=1S/C18H23FN4O/c1-15-6-8-20-23(15)9-7-18(24)22-12-10-21(11-13-22)14-16-2-4-17(19)5-3-16/h2-6,8H,7,9-14H2,1H3. The van der Waals surface area contributed by atoms with E-state index in [4.69, 9.17) is 0 Å². The Morgan fingerprint density at radius 2 is 1.83 bits per heavy atom. The summed E-state index contributed by atoms with van der Waals surface area (Å²) in [6.45, 7) is 6.62. The van der Waals surface area contributed by atoms with E-state index in [0.717, 1.165) is 44.0 Å². The highest BCUT2D eigenvalue weighted by Gasteiger charge is 2.21. The Labute approximate surface area is 141 Å². The Morgan fingerprint density at radius 1 is 1.12 bits per heavy atom. The van der Waals surface area contributed by atoms with E-state index in [1.807, 2.05) is 34.7 Å². The van der Waals surface area contributed by atoms with Crippen molar-refractivity contribution in [3.8, 4) is 0 Å². The highest BCUT2D eigenvalue weighted by Crippen LogP contribution is 2.11. The van der Waals surface area contributed by atoms with E-state index in [0.29, 0.717) is 13.0 Å². The molecule has 1 aromatic heterocycles. The van der Waals surface area contributed by atoms with E-state index in [1.54, 1.807) is 6.20 Å². The van der Waals surface area contributed by atoms with E-state index in [1.165, 1.54) is 12.1 Å². The second-order valence-corrected chi connectivity index (χ2v) is 6.23. The van der Waals surface area contributed by atoms with Crippen LogP contribution in [0.4, 0.5) is 4.39 Å². The summed E-state index contributed by atoms with van der Waals surface area (Å²) < 4.78 is 14.8. The minimum atomic E-state index is -0.207. The molecule has 1 aliphatic rings. The molecule has 0 spiro atoms. The lowest BCUT2D eigenvalue weighted by molar-refractivity contribution is -0.133. The van der Waals surface area contributed by atoms with Crippen LogP contribution in [0.15, 0.2) is 36.5 Å². The molecule has 1 amide bonds. The fraction of sp³-hybridized carbons (Fsp3) is 0.444. The van der Waals surface area contributed by atoms with E-state index >= 15 is 0 Å². The van der Waals surface area contributed by atoms with Crippen LogP contribution < -0.4 is 0 Å². The molecule has 2 heterocycles. The van der Waals surface area contributed by atoms with Crippen molar-refractivity contribution in [2.45, 2.75) is 26.4 Å². The van der Waals surface area contributed by atoms with Gasteiger partial charge in [0.1, 0.15) is 5.82 Å². The topological polar surface area (TPSA) is 41.4 Å². The van der Waals surface area contributed by atoms with Crippen molar-refractivity contribution < 1.29 is 9.18 Å². The van der Waals surface area contributed by atoms with E-state index in [2.05, 4.69) is 10.00 Å². The number of amides is 1. The molecule has 2 aromatic rings. The highest BCUT2D eigenvalue weighted by atomic mass is 19.1. The highest BCUT2D eigenvalue weighted by molar-refractivity contribution is 5.76. The van der Waals surface area contributed by atoms with Crippen LogP contribution >= 0.6 is 0 Å². The second-order valence-electron chi connectivity index (χ2n) is 6.23. The van der Waals surface area contributed by atoms with Crippen molar-refractivity contribution >= 4 is 5.91 Å². The first-order valence-corrected chi connectivity index (χ1v) is 8.35. The van der Waals surface area contributed by atoms with Gasteiger partial charge in [-0.15, -0.1) is 0 Å². The summed E-state index contributed by atoms with van der Waals surface area (Å²) in [6, 6.07) is 8.57. The molecule has 0 radical (unpaired) electrons. The van der Waals surface area contributed by atoms with E-state index in [-0.39, 0.29) is 11.7 Å². The Bertz CT molecular complexity index is 675. The zero-order valence-electron chi connectivity index (χ0n) is 14.0. The fourth-order valence-corrected chi connectivity index (χ4v) is 3.00. The summed E-state index contributed by atoms with van der Waals surface area (Å²) in [4.78, 5) is 16.6. The third-order valence-electron chi connectivity index (χ3n) is 4.51. The Balaban J connectivity index is 1.43. The average Bonchev–Trinajstić information content (AvgIpc) is 3.00. The number of nitrogens with zero attached hydrogens (tertiary/aromatic N) is 4. The molecule has 0 atom stereocenters. The molecule has 1 saturated heterocycles. The zero-order valence-corrected chi connectivity index (χ0v) is 14.0. The first-order chi connectivity index (χ1) is 11.6. The second kappa shape index (κ2) is 7.57. The minimum Gasteiger partial charge on any atom is -0.340 e. The molecule has 24 heavy (non-hydrogen) atoms. The van der Waals surface area contributed by atoms with Gasteiger partial charge in [0.15, 0.2) is 0 Å². The van der Waals surface area contributed by atoms with Crippen LogP contribution in [0, 0.1) is 12.7 Å². The van der Waals surface area contributed by atoms with Gasteiger partial charge in [-0.25, -0.2) is 4.39 Å². The molecule has 0 aliphatic carbocycles. The van der Waals surface area contributed by atoms with Crippen LogP contribution in [-0.4, -0.2) is 51.7 Å². The van der Waals surface area contributed by atoms with Gasteiger partial charge in [-0.3, -0.25) is 14.4 Å². The third-order valence-corrected chi connectivity index (χ3v) is 4.51. The Kier molecular flexibility index (Phi) is 5.25. The lowest BCUT2D eigenvalue weighted by Crippen LogP contribution is -2.48. The van der Waals surface area contributed by atoms with Crippen LogP contribution in [0.5, 0.6) is 0 Å². The number of aryl methyl sites for hydroxylation is 2. The molecule has 6 heteroatoms. The van der Waals surface area contributed by atoms with E-state index in [9.17, 15) is 9.18 Å². The van der Waals surface area contributed by atoms with Gasteiger partial charge in [0, 0.05) is 57.6 Å². The molecule has 0 N–H and O–H groups in total. The molecule has 0 unspecified atom stereocenters. The van der Waals surface area contributed by atoms with Crippen LogP contribution in [-0.2, 0) is 17.9 Å². The van der Waals surface area contributed by atoms with Crippen LogP contribution in [0.3, 0.4) is 0 Å². The molecular weight excluding hydrogens is 307 g/mol. The maximum absolute atomic E-state index is 12.9. The molecule has 3 rings (SSSR count). The minimum absolute atomic E-state index is 0.186. The van der Waals surface area contributed by atoms with Crippen molar-refractivity contribution in [3.63, 3.8) is 0 Å². The Morgan fingerprint density at radius 3 is 2.46 bits per heavy atom. The molecule has 128 valence electrons. The number of halogens is 1. The predicted molar refractivity (Wildman–Crippen MR) is 89.8 cm³/mol. The lowest BCUT2D eigenvalue weighted by Gasteiger charge is -2.34. The summed E-state index contributed by atoms with van der Waals surface area (Å²) in [7, 11) is 0. The van der Waals surface area contributed by atoms with Gasteiger partial charge in [0.2, 0.25) is 5.91 Å². The largest absolute Gasteiger partial charge is 0.340 e. The molecule has 5 nitrogen and oxygen atoms in total. The maximum atomic E-state index is 12.9. The maximum Gasteiger partial charge on any atom is 0.224 e. The summed E-state index contributed by atoms with van der Waals surface area (Å²) in [6.07, 6.45) is 2.24. The molecule has 0 saturated carbocycles. The predicted octanol–water partition coefficient (Wildman–Crippen LogP) is 2.07. The number of rotatable bonds is 5. The number of hydrogen-bond donors (Lipinski definition) is 0. The lowest BCUT2D eigenvalue weighted by atomic mass is 10.2. The third kappa shape index (κ3) is 4.20. The molecular formula is C18H23FN4O. The van der Waals surface area contributed by atoms with Crippen LogP contribution in [0.1, 0.15) is 17.7 Å². The smallest absolute Gasteiger partial charge is 0.224 e. The molecule has 1 aliphatic heterocycles. The van der Waals surface area contributed by atoms with Gasteiger partial charge in [-0.1, -0.05) is 12.1 Å². The number of benzene rings is 1. The SMILES string of the molecule is Cc1ccnn1CCC(=O)N1CCN(Cc2ccc(F)cc2)CC1. The van der Waals surface area contributed by atoms with Gasteiger partial charge in [-0.2, -0.15) is 5.10 Å². The average molecular weight is 330 g/mol. The van der Waals surface area contributed by atoms with Gasteiger partial charge >= 0.3 is 0 Å². The van der Waals surface area contributed by atoms with E-state index < -0.39 is 0 Å². The van der Waals surface area contributed by atoms with Crippen LogP contribution in [0.2, 0.25) is 0 Å². The van der Waals surface area contributed by atoms with Crippen molar-refractivity contribution in [2.24, 2.45) is 0 Å². The van der Waals surface area contributed by atoms with Crippen molar-refractivity contribution in [2.75, 3.05) is 26.2 Å². The van der Waals surface area contributed by atoms with Gasteiger partial charge in [-0.05, 0) is 30.7 Å². The summed E-state index contributed by atoms with van der Waals surface area (Å²) >= 11 is 0. The quantitative estimate of drug-likeness (QED) is 0.843. The normalized spacial score (nSPS) is 15.7. The fourth-order valence-electron chi connectivity index (χ4n) is 3.00. The van der Waals surface area contributed by atoms with Crippen LogP contribution in [0.25, 0.3) is 0 Å². The van der Waals surface area contributed by atoms with Crippen molar-refractivity contribution in [1.82, 2.24) is 19.6 Å². The first-order valence-electron chi connectivity index (χ1n) is 8.35. The molecule has 1 fully saturated rings. The number of hydrogen-bond acceptors (Lipinski definition) is 3. The van der Waals surface area contributed by atoms with Gasteiger partial charge < -0.3 is 4.90 Å². The number of piperazine rings is 1. The monoisotopic (exact) mass is 330 g/mol. The first kappa shape index (κ1) is 16.6. The summed E-state index contributed by atoms with van der Waals surface area (Å²) in [5.41, 5.74) is 2.18. The van der Waals surface area contributed by atoms with Gasteiger partial charge in [0.25, 0.3) is 0 Å². The summed E-state index contributed by atoms with van der Waals surface area (Å²) in [5, 5.41) is 4.21. The summed E-state index contributed by atoms with van der Waals surface area (Å²) in [5.74, 6) is -0.0204. The van der Waals surface area contributed by atoms with Crippen molar-refractivity contribution in [3.05, 3.63) is 53.6 Å². The Hall–Kier alpha value is -2.21. The molecule has 1 aromatic carbocycles. The van der Waals surface area contributed by atoms with Crippen molar-refractivity contribution in [1.29, 1.82) is 0 Å². The van der Waals surface area contributed by atoms with Gasteiger partial charge in [0.05, 0.1) is 0 Å². The number of carbonyl (C=O) groups is 1. The zero-order chi connectivity index (χ0) is 16.9. The molecule has 0 bridgehead atoms. The number of aromatic nitrogens is 2. The number of carbonyl (C=O) groups excluding carboxylic acids is 1.